The highest BCUT2D eigenvalue weighted by molar-refractivity contribution is 7.17. The predicted octanol–water partition coefficient (Wildman–Crippen LogP) is 2.75. The van der Waals surface area contributed by atoms with Gasteiger partial charge in [-0.2, -0.15) is 0 Å². The number of thiophene rings is 1. The molecule has 1 heterocycles. The normalized spacial score (nSPS) is 10.9. The number of nitrogens with one attached hydrogen (secondary N) is 1. The molecule has 0 saturated heterocycles. The van der Waals surface area contributed by atoms with E-state index in [0.29, 0.717) is 5.56 Å². The molecular weight excluding hydrogens is 222 g/mol. The smallest absolute Gasteiger partial charge is 0.251 e. The Kier molecular flexibility index (Phi) is 2.83. The monoisotopic (exact) mass is 235 g/mol. The zero-order chi connectivity index (χ0) is 11.7. The van der Waals surface area contributed by atoms with E-state index in [9.17, 15) is 9.90 Å². The number of carbonyl (C=O) groups is 1. The average molecular weight is 235 g/mol. The first-order chi connectivity index (χ1) is 7.58. The summed E-state index contributed by atoms with van der Waals surface area (Å²) in [4.78, 5) is 11.8. The Morgan fingerprint density at radius 3 is 2.88 bits per heavy atom. The van der Waals surface area contributed by atoms with Crippen LogP contribution in [0.3, 0.4) is 0 Å². The fraction of sp³-hybridized carbons (Fsp3) is 0.250. The van der Waals surface area contributed by atoms with Gasteiger partial charge in [0, 0.05) is 21.7 Å². The molecule has 2 rings (SSSR count). The van der Waals surface area contributed by atoms with Crippen LogP contribution < -0.4 is 5.32 Å². The fourth-order valence-corrected chi connectivity index (χ4v) is 2.37. The number of benzene rings is 1. The van der Waals surface area contributed by atoms with Crippen LogP contribution in [0.4, 0.5) is 0 Å². The van der Waals surface area contributed by atoms with Gasteiger partial charge in [-0.15, -0.1) is 11.3 Å². The lowest BCUT2D eigenvalue weighted by molar-refractivity contribution is 0.0943. The van der Waals surface area contributed by atoms with Crippen LogP contribution in [0, 0.1) is 0 Å². The number of phenolic OH excluding ortho intramolecular Hbond substituents is 1. The first-order valence-electron chi connectivity index (χ1n) is 5.09. The van der Waals surface area contributed by atoms with Crippen molar-refractivity contribution in [2.75, 3.05) is 0 Å². The standard InChI is InChI=1S/C12H13NO2S/c1-7(2)13-12(15)8-5-10(14)9-3-4-16-11(9)6-8/h3-7,14H,1-2H3,(H,13,15). The van der Waals surface area contributed by atoms with E-state index in [-0.39, 0.29) is 17.7 Å². The number of hydrogen-bond donors (Lipinski definition) is 2. The van der Waals surface area contributed by atoms with Crippen molar-refractivity contribution in [1.82, 2.24) is 5.32 Å². The highest BCUT2D eigenvalue weighted by Crippen LogP contribution is 2.30. The molecule has 0 bridgehead atoms. The van der Waals surface area contributed by atoms with Gasteiger partial charge in [-0.25, -0.2) is 0 Å². The number of fused-ring (bicyclic) bond motifs is 1. The minimum Gasteiger partial charge on any atom is -0.507 e. The van der Waals surface area contributed by atoms with Crippen molar-refractivity contribution in [2.45, 2.75) is 19.9 Å². The summed E-state index contributed by atoms with van der Waals surface area (Å²) in [5.74, 6) is 0.00764. The maximum atomic E-state index is 11.8. The minimum absolute atomic E-state index is 0.0914. The summed E-state index contributed by atoms with van der Waals surface area (Å²) in [5.41, 5.74) is 0.501. The highest BCUT2D eigenvalue weighted by atomic mass is 32.1. The zero-order valence-electron chi connectivity index (χ0n) is 9.15. The number of phenols is 1. The van der Waals surface area contributed by atoms with E-state index >= 15 is 0 Å². The molecule has 0 saturated carbocycles. The molecule has 1 amide bonds. The van der Waals surface area contributed by atoms with E-state index in [4.69, 9.17) is 0 Å². The third-order valence-electron chi connectivity index (χ3n) is 2.23. The van der Waals surface area contributed by atoms with Crippen molar-refractivity contribution in [3.63, 3.8) is 0 Å². The second kappa shape index (κ2) is 4.14. The van der Waals surface area contributed by atoms with Crippen LogP contribution in [0.25, 0.3) is 10.1 Å². The van der Waals surface area contributed by atoms with Crippen LogP contribution in [0.2, 0.25) is 0 Å². The fourth-order valence-electron chi connectivity index (χ4n) is 1.53. The van der Waals surface area contributed by atoms with E-state index in [1.807, 2.05) is 25.3 Å². The van der Waals surface area contributed by atoms with Crippen LogP contribution in [0.1, 0.15) is 24.2 Å². The summed E-state index contributed by atoms with van der Waals surface area (Å²) < 4.78 is 0.925. The number of aromatic hydroxyl groups is 1. The van der Waals surface area contributed by atoms with E-state index < -0.39 is 0 Å². The summed E-state index contributed by atoms with van der Waals surface area (Å²) in [6, 6.07) is 5.25. The third-order valence-corrected chi connectivity index (χ3v) is 3.10. The maximum absolute atomic E-state index is 11.8. The molecular formula is C12H13NO2S. The largest absolute Gasteiger partial charge is 0.507 e. The van der Waals surface area contributed by atoms with E-state index in [0.717, 1.165) is 10.1 Å². The predicted molar refractivity (Wildman–Crippen MR) is 66.1 cm³/mol. The summed E-state index contributed by atoms with van der Waals surface area (Å²) >= 11 is 1.51. The Morgan fingerprint density at radius 2 is 2.19 bits per heavy atom. The Balaban J connectivity index is 2.41. The summed E-state index contributed by atoms with van der Waals surface area (Å²) in [6.45, 7) is 3.81. The van der Waals surface area contributed by atoms with Gasteiger partial charge in [-0.1, -0.05) is 0 Å². The summed E-state index contributed by atoms with van der Waals surface area (Å²) in [7, 11) is 0. The van der Waals surface area contributed by atoms with Crippen LogP contribution >= 0.6 is 11.3 Å². The molecule has 0 fully saturated rings. The second-order valence-corrected chi connectivity index (χ2v) is 4.90. The van der Waals surface area contributed by atoms with E-state index in [2.05, 4.69) is 5.32 Å². The van der Waals surface area contributed by atoms with Crippen molar-refractivity contribution in [3.05, 3.63) is 29.1 Å². The van der Waals surface area contributed by atoms with Crippen molar-refractivity contribution in [2.24, 2.45) is 0 Å². The molecule has 2 N–H and O–H groups in total. The van der Waals surface area contributed by atoms with Crippen molar-refractivity contribution >= 4 is 27.3 Å². The lowest BCUT2D eigenvalue weighted by Gasteiger charge is -2.08. The molecule has 2 aromatic rings. The number of amides is 1. The van der Waals surface area contributed by atoms with Gasteiger partial charge in [0.25, 0.3) is 5.91 Å². The Labute approximate surface area is 97.7 Å². The van der Waals surface area contributed by atoms with Gasteiger partial charge >= 0.3 is 0 Å². The zero-order valence-corrected chi connectivity index (χ0v) is 9.97. The first kappa shape index (κ1) is 11.0. The molecule has 16 heavy (non-hydrogen) atoms. The van der Waals surface area contributed by atoms with Crippen LogP contribution in [-0.2, 0) is 0 Å². The second-order valence-electron chi connectivity index (χ2n) is 3.96. The van der Waals surface area contributed by atoms with Crippen molar-refractivity contribution in [3.8, 4) is 5.75 Å². The van der Waals surface area contributed by atoms with Crippen LogP contribution in [-0.4, -0.2) is 17.1 Å². The Hall–Kier alpha value is -1.55. The van der Waals surface area contributed by atoms with Crippen LogP contribution in [0.5, 0.6) is 5.75 Å². The molecule has 0 aliphatic heterocycles. The number of carbonyl (C=O) groups excluding carboxylic acids is 1. The topological polar surface area (TPSA) is 49.3 Å². The molecule has 0 unspecified atom stereocenters. The summed E-state index contributed by atoms with van der Waals surface area (Å²) in [5, 5.41) is 15.2. The van der Waals surface area contributed by atoms with Crippen LogP contribution in [0.15, 0.2) is 23.6 Å². The molecule has 1 aromatic heterocycles. The van der Waals surface area contributed by atoms with Gasteiger partial charge in [-0.05, 0) is 37.4 Å². The van der Waals surface area contributed by atoms with E-state index in [1.54, 1.807) is 6.07 Å². The van der Waals surface area contributed by atoms with Gasteiger partial charge in [0.2, 0.25) is 0 Å². The third kappa shape index (κ3) is 2.02. The lowest BCUT2D eigenvalue weighted by atomic mass is 10.1. The minimum atomic E-state index is -0.152. The molecule has 0 atom stereocenters. The quantitative estimate of drug-likeness (QED) is 0.840. The van der Waals surface area contributed by atoms with Gasteiger partial charge in [-0.3, -0.25) is 4.79 Å². The van der Waals surface area contributed by atoms with Crippen molar-refractivity contribution in [1.29, 1.82) is 0 Å². The Morgan fingerprint density at radius 1 is 1.44 bits per heavy atom. The molecule has 0 aliphatic rings. The molecule has 3 nitrogen and oxygen atoms in total. The highest BCUT2D eigenvalue weighted by Gasteiger charge is 2.11. The van der Waals surface area contributed by atoms with Gasteiger partial charge < -0.3 is 10.4 Å². The average Bonchev–Trinajstić information content (AvgIpc) is 2.64. The first-order valence-corrected chi connectivity index (χ1v) is 5.97. The number of hydrogen-bond acceptors (Lipinski definition) is 3. The maximum Gasteiger partial charge on any atom is 0.251 e. The molecule has 0 radical (unpaired) electrons. The number of rotatable bonds is 2. The molecule has 0 spiro atoms. The molecule has 84 valence electrons. The van der Waals surface area contributed by atoms with Crippen molar-refractivity contribution < 1.29 is 9.90 Å². The molecule has 1 aromatic carbocycles. The van der Waals surface area contributed by atoms with Gasteiger partial charge in [0.15, 0.2) is 0 Å². The van der Waals surface area contributed by atoms with Gasteiger partial charge in [0.05, 0.1) is 0 Å². The van der Waals surface area contributed by atoms with Gasteiger partial charge in [0.1, 0.15) is 5.75 Å². The van der Waals surface area contributed by atoms with E-state index in [1.165, 1.54) is 17.4 Å². The lowest BCUT2D eigenvalue weighted by Crippen LogP contribution is -2.29. The Bertz CT molecular complexity index is 531. The summed E-state index contributed by atoms with van der Waals surface area (Å²) in [6.07, 6.45) is 0. The SMILES string of the molecule is CC(C)NC(=O)c1cc(O)c2ccsc2c1. The molecule has 0 aliphatic carbocycles. The molecule has 4 heteroatoms.